The molecular formula is C32H35FN8O2. The van der Waals surface area contributed by atoms with Crippen molar-refractivity contribution in [2.75, 3.05) is 44.7 Å². The van der Waals surface area contributed by atoms with Gasteiger partial charge in [-0.15, -0.1) is 0 Å². The van der Waals surface area contributed by atoms with Crippen LogP contribution in [0.15, 0.2) is 37.1 Å². The van der Waals surface area contributed by atoms with Crippen LogP contribution in [0, 0.1) is 31.0 Å². The minimum atomic E-state index is -0.458. The van der Waals surface area contributed by atoms with Gasteiger partial charge in [0.25, 0.3) is 0 Å². The van der Waals surface area contributed by atoms with Crippen molar-refractivity contribution in [1.29, 1.82) is 5.26 Å². The number of ether oxygens (including phenoxy) is 1. The van der Waals surface area contributed by atoms with Gasteiger partial charge in [0.15, 0.2) is 5.82 Å². The van der Waals surface area contributed by atoms with E-state index in [4.69, 9.17) is 9.72 Å². The summed E-state index contributed by atoms with van der Waals surface area (Å²) in [5, 5.41) is 18.2. The lowest BCUT2D eigenvalue weighted by Crippen LogP contribution is -2.55. The number of nitrogens with zero attached hydrogens (tertiary/aromatic N) is 7. The van der Waals surface area contributed by atoms with Gasteiger partial charge in [-0.1, -0.05) is 18.7 Å². The summed E-state index contributed by atoms with van der Waals surface area (Å²) in [6.07, 6.45) is 5.26. The lowest BCUT2D eigenvalue weighted by molar-refractivity contribution is -0.128. The number of aromatic nitrogens is 4. The number of carbonyl (C=O) groups excluding carboxylic acids is 1. The van der Waals surface area contributed by atoms with Crippen molar-refractivity contribution in [1.82, 2.24) is 30.0 Å². The summed E-state index contributed by atoms with van der Waals surface area (Å²) < 4.78 is 23.0. The maximum absolute atomic E-state index is 16.9. The molecule has 1 unspecified atom stereocenters. The molecular weight excluding hydrogens is 547 g/mol. The molecule has 1 amide bonds. The van der Waals surface area contributed by atoms with E-state index in [1.165, 1.54) is 6.08 Å². The monoisotopic (exact) mass is 582 g/mol. The fraction of sp³-hybridized carbons (Fsp3) is 0.406. The van der Waals surface area contributed by atoms with Crippen molar-refractivity contribution in [3.63, 3.8) is 0 Å². The first-order chi connectivity index (χ1) is 20.8. The Labute approximate surface area is 249 Å². The van der Waals surface area contributed by atoms with Gasteiger partial charge in [0, 0.05) is 47.6 Å². The Kier molecular flexibility index (Phi) is 7.71. The summed E-state index contributed by atoms with van der Waals surface area (Å²) in [6, 6.07) is 8.03. The lowest BCUT2D eigenvalue weighted by Gasteiger charge is -2.41. The van der Waals surface area contributed by atoms with Gasteiger partial charge in [0.2, 0.25) is 5.91 Å². The van der Waals surface area contributed by atoms with Crippen molar-refractivity contribution in [3.05, 3.63) is 54.0 Å². The molecule has 0 radical (unpaired) electrons. The van der Waals surface area contributed by atoms with Crippen LogP contribution in [0.2, 0.25) is 0 Å². The molecule has 2 atom stereocenters. The minimum absolute atomic E-state index is 0.106. The number of aromatic amines is 1. The van der Waals surface area contributed by atoms with Crippen LogP contribution in [0.1, 0.15) is 30.4 Å². The van der Waals surface area contributed by atoms with Crippen molar-refractivity contribution >= 4 is 33.5 Å². The third kappa shape index (κ3) is 5.16. The van der Waals surface area contributed by atoms with Gasteiger partial charge in [-0.05, 0) is 63.6 Å². The molecule has 0 bridgehead atoms. The summed E-state index contributed by atoms with van der Waals surface area (Å²) in [5.41, 5.74) is 3.77. The van der Waals surface area contributed by atoms with E-state index >= 15 is 4.39 Å². The Bertz CT molecular complexity index is 1760. The van der Waals surface area contributed by atoms with Crippen LogP contribution in [-0.4, -0.2) is 87.8 Å². The zero-order valence-electron chi connectivity index (χ0n) is 24.7. The number of likely N-dealkylation sites (N-methyl/N-ethyl adjacent to an activating group) is 1. The number of benzene rings is 2. The summed E-state index contributed by atoms with van der Waals surface area (Å²) >= 11 is 0. The van der Waals surface area contributed by atoms with E-state index < -0.39 is 5.82 Å². The number of piperazine rings is 1. The third-order valence-electron chi connectivity index (χ3n) is 8.81. The maximum atomic E-state index is 16.9. The number of hydrogen-bond donors (Lipinski definition) is 1. The fourth-order valence-corrected chi connectivity index (χ4v) is 6.47. The highest BCUT2D eigenvalue weighted by Gasteiger charge is 2.32. The van der Waals surface area contributed by atoms with Crippen LogP contribution < -0.4 is 9.64 Å². The van der Waals surface area contributed by atoms with E-state index in [2.05, 4.69) is 39.8 Å². The number of nitriles is 1. The number of carbonyl (C=O) groups is 1. The molecule has 2 aliphatic heterocycles. The van der Waals surface area contributed by atoms with Gasteiger partial charge < -0.3 is 19.4 Å². The lowest BCUT2D eigenvalue weighted by atomic mass is 9.92. The molecule has 0 saturated carbocycles. The van der Waals surface area contributed by atoms with Crippen LogP contribution in [-0.2, 0) is 4.79 Å². The highest BCUT2D eigenvalue weighted by molar-refractivity contribution is 6.01. The zero-order valence-corrected chi connectivity index (χ0v) is 24.7. The van der Waals surface area contributed by atoms with Gasteiger partial charge in [-0.2, -0.15) is 20.3 Å². The van der Waals surface area contributed by atoms with Crippen molar-refractivity contribution in [3.8, 4) is 23.2 Å². The molecule has 11 heteroatoms. The van der Waals surface area contributed by atoms with Crippen LogP contribution in [0.3, 0.4) is 0 Å². The molecule has 10 nitrogen and oxygen atoms in total. The standard InChI is InChI=1S/C32H35FN8O2/c1-5-25(42)41-14-13-40(17-22(41)10-11-34)31-24-15-20(3)26(27-19(2)8-9-21-16-35-38-29(21)27)28(33)30(24)36-32(37-31)43-18-23-7-6-12-39(23)4/h5,8-9,15-16,22-23H,1,6-7,10,12-14,17-18H2,2-4H3,(H,35,38)/t22?,23-/m0/s1. The van der Waals surface area contributed by atoms with Crippen LogP contribution >= 0.6 is 0 Å². The molecule has 222 valence electrons. The number of fused-ring (bicyclic) bond motifs is 2. The van der Waals surface area contributed by atoms with Crippen LogP contribution in [0.5, 0.6) is 6.01 Å². The molecule has 2 fully saturated rings. The largest absolute Gasteiger partial charge is 0.462 e. The molecule has 1 N–H and O–H groups in total. The second-order valence-electron chi connectivity index (χ2n) is 11.5. The van der Waals surface area contributed by atoms with E-state index in [-0.39, 0.29) is 35.9 Å². The highest BCUT2D eigenvalue weighted by Crippen LogP contribution is 2.40. The number of aryl methyl sites for hydroxylation is 2. The number of anilines is 1. The number of H-pyrrole nitrogens is 1. The Morgan fingerprint density at radius 3 is 2.79 bits per heavy atom. The van der Waals surface area contributed by atoms with E-state index in [1.54, 1.807) is 11.1 Å². The summed E-state index contributed by atoms with van der Waals surface area (Å²) in [6.45, 7) is 10.0. The third-order valence-corrected chi connectivity index (χ3v) is 8.81. The normalized spacial score (nSPS) is 19.2. The number of likely N-dealkylation sites (tertiary alicyclic amines) is 1. The predicted octanol–water partition coefficient (Wildman–Crippen LogP) is 4.52. The first-order valence-electron chi connectivity index (χ1n) is 14.6. The summed E-state index contributed by atoms with van der Waals surface area (Å²) in [7, 11) is 2.07. The van der Waals surface area contributed by atoms with Gasteiger partial charge in [0.1, 0.15) is 17.9 Å². The Balaban J connectivity index is 1.49. The van der Waals surface area contributed by atoms with E-state index in [1.807, 2.05) is 36.9 Å². The molecule has 6 rings (SSSR count). The molecule has 2 saturated heterocycles. The molecule has 2 aliphatic rings. The van der Waals surface area contributed by atoms with Crippen molar-refractivity contribution in [2.45, 2.75) is 45.2 Å². The predicted molar refractivity (Wildman–Crippen MR) is 163 cm³/mol. The van der Waals surface area contributed by atoms with E-state index in [9.17, 15) is 10.1 Å². The average Bonchev–Trinajstić information content (AvgIpc) is 3.65. The topological polar surface area (TPSA) is 114 Å². The second-order valence-corrected chi connectivity index (χ2v) is 11.5. The molecule has 4 aromatic rings. The average molecular weight is 583 g/mol. The molecule has 0 spiro atoms. The quantitative estimate of drug-likeness (QED) is 0.317. The van der Waals surface area contributed by atoms with Gasteiger partial charge in [-0.3, -0.25) is 9.89 Å². The van der Waals surface area contributed by atoms with Crippen LogP contribution in [0.25, 0.3) is 32.9 Å². The first kappa shape index (κ1) is 28.6. The Morgan fingerprint density at radius 2 is 2.05 bits per heavy atom. The number of rotatable bonds is 7. The highest BCUT2D eigenvalue weighted by atomic mass is 19.1. The van der Waals surface area contributed by atoms with Crippen molar-refractivity contribution < 1.29 is 13.9 Å². The molecule has 2 aromatic carbocycles. The second kappa shape index (κ2) is 11.6. The molecule has 4 heterocycles. The van der Waals surface area contributed by atoms with Gasteiger partial charge in [0.05, 0.1) is 30.2 Å². The van der Waals surface area contributed by atoms with Gasteiger partial charge in [-0.25, -0.2) is 4.39 Å². The number of amides is 1. The number of hydrogen-bond acceptors (Lipinski definition) is 8. The first-order valence-corrected chi connectivity index (χ1v) is 14.6. The Morgan fingerprint density at radius 1 is 1.21 bits per heavy atom. The SMILES string of the molecule is C=CC(=O)N1CCN(c2nc(OC[C@@H]3CCCN3C)nc3c(F)c(-c4c(C)ccc5cn[nH]c45)c(C)cc23)CC1CC#N. The number of halogens is 1. The number of nitrogens with one attached hydrogen (secondary N) is 1. The minimum Gasteiger partial charge on any atom is -0.462 e. The molecule has 2 aromatic heterocycles. The van der Waals surface area contributed by atoms with E-state index in [0.29, 0.717) is 43.0 Å². The van der Waals surface area contributed by atoms with Crippen LogP contribution in [0.4, 0.5) is 10.2 Å². The Hall–Kier alpha value is -4.56. The maximum Gasteiger partial charge on any atom is 0.319 e. The summed E-state index contributed by atoms with van der Waals surface area (Å²) in [5.74, 6) is -0.147. The molecule has 0 aliphatic carbocycles. The van der Waals surface area contributed by atoms with Gasteiger partial charge >= 0.3 is 6.01 Å². The van der Waals surface area contributed by atoms with E-state index in [0.717, 1.165) is 47.0 Å². The smallest absolute Gasteiger partial charge is 0.319 e. The fourth-order valence-electron chi connectivity index (χ4n) is 6.47. The zero-order chi connectivity index (χ0) is 30.2. The summed E-state index contributed by atoms with van der Waals surface area (Å²) in [4.78, 5) is 27.9. The van der Waals surface area contributed by atoms with Crippen molar-refractivity contribution in [2.24, 2.45) is 0 Å². The molecule has 43 heavy (non-hydrogen) atoms.